The summed E-state index contributed by atoms with van der Waals surface area (Å²) in [5.41, 5.74) is 0.599. The number of carbonyl (C=O) groups is 2. The minimum atomic E-state index is -1.17. The van der Waals surface area contributed by atoms with Gasteiger partial charge in [0, 0.05) is 12.6 Å². The first-order chi connectivity index (χ1) is 8.16. The van der Waals surface area contributed by atoms with E-state index in [1.54, 1.807) is 6.20 Å². The summed E-state index contributed by atoms with van der Waals surface area (Å²) in [4.78, 5) is 33.5. The Bertz CT molecular complexity index is 454. The molecule has 1 unspecified atom stereocenters. The van der Waals surface area contributed by atoms with Crippen LogP contribution in [0.25, 0.3) is 0 Å². The Hall–Kier alpha value is -2.38. The van der Waals surface area contributed by atoms with Gasteiger partial charge >= 0.3 is 5.97 Å². The van der Waals surface area contributed by atoms with Crippen molar-refractivity contribution in [3.8, 4) is 0 Å². The second kappa shape index (κ2) is 4.64. The van der Waals surface area contributed by atoms with Gasteiger partial charge in [0.1, 0.15) is 0 Å². The molecule has 90 valence electrons. The van der Waals surface area contributed by atoms with Crippen molar-refractivity contribution < 1.29 is 19.5 Å². The Morgan fingerprint density at radius 2 is 2.47 bits per heavy atom. The van der Waals surface area contributed by atoms with Crippen LogP contribution in [0.2, 0.25) is 0 Å². The van der Waals surface area contributed by atoms with Gasteiger partial charge in [-0.2, -0.15) is 0 Å². The zero-order valence-corrected chi connectivity index (χ0v) is 8.71. The molecule has 0 aliphatic carbocycles. The van der Waals surface area contributed by atoms with Gasteiger partial charge in [-0.15, -0.1) is 0 Å². The molecule has 1 aromatic rings. The van der Waals surface area contributed by atoms with Gasteiger partial charge in [0.25, 0.3) is 5.91 Å². The number of aromatic amines is 1. The number of aliphatic carboxylic acids is 1. The highest BCUT2D eigenvalue weighted by Gasteiger charge is 2.31. The summed E-state index contributed by atoms with van der Waals surface area (Å²) in [5, 5.41) is 14.5. The summed E-state index contributed by atoms with van der Waals surface area (Å²) in [5.74, 6) is -1.58. The molecule has 0 radical (unpaired) electrons. The van der Waals surface area contributed by atoms with Crippen molar-refractivity contribution >= 4 is 17.6 Å². The summed E-state index contributed by atoms with van der Waals surface area (Å²) in [7, 11) is 0. The summed E-state index contributed by atoms with van der Waals surface area (Å²) in [6, 6.07) is 0. The van der Waals surface area contributed by atoms with Crippen LogP contribution in [0, 0.1) is 0 Å². The first kappa shape index (κ1) is 11.1. The molecule has 1 atom stereocenters. The molecule has 2 rings (SSSR count). The molecule has 0 spiro atoms. The Labute approximate surface area is 95.7 Å². The first-order valence-electron chi connectivity index (χ1n) is 4.88. The van der Waals surface area contributed by atoms with Gasteiger partial charge in [-0.05, 0) is 0 Å². The van der Waals surface area contributed by atoms with E-state index in [-0.39, 0.29) is 18.7 Å². The standard InChI is InChI=1S/C9H10N4O4/c14-8(11-3-5-2-10-4-12-5)7-1-6(9(15)16)13-17-7/h2,4,7H,1,3H2,(H,10,12)(H,11,14)(H,15,16). The number of nitrogens with zero attached hydrogens (tertiary/aromatic N) is 2. The largest absolute Gasteiger partial charge is 0.477 e. The SMILES string of the molecule is O=C(O)C1=NOC(C(=O)NCc2cnc[nH]2)C1. The van der Waals surface area contributed by atoms with E-state index < -0.39 is 18.0 Å². The fourth-order valence-corrected chi connectivity index (χ4v) is 1.32. The molecule has 8 heteroatoms. The number of imidazole rings is 1. The molecule has 2 heterocycles. The molecule has 1 aromatic heterocycles. The van der Waals surface area contributed by atoms with E-state index in [1.165, 1.54) is 6.33 Å². The highest BCUT2D eigenvalue weighted by atomic mass is 16.6. The lowest BCUT2D eigenvalue weighted by Crippen LogP contribution is -2.34. The molecule has 0 saturated heterocycles. The predicted octanol–water partition coefficient (Wildman–Crippen LogP) is -0.745. The van der Waals surface area contributed by atoms with E-state index in [2.05, 4.69) is 20.4 Å². The Morgan fingerprint density at radius 3 is 3.06 bits per heavy atom. The van der Waals surface area contributed by atoms with Crippen molar-refractivity contribution in [3.63, 3.8) is 0 Å². The maximum Gasteiger partial charge on any atom is 0.353 e. The number of carbonyl (C=O) groups excluding carboxylic acids is 1. The average Bonchev–Trinajstić information content (AvgIpc) is 2.96. The van der Waals surface area contributed by atoms with Gasteiger partial charge in [0.2, 0.25) is 6.10 Å². The highest BCUT2D eigenvalue weighted by molar-refractivity contribution is 6.36. The van der Waals surface area contributed by atoms with Crippen LogP contribution in [0.5, 0.6) is 0 Å². The van der Waals surface area contributed by atoms with Crippen LogP contribution in [0.4, 0.5) is 0 Å². The molecule has 0 fully saturated rings. The molecular weight excluding hydrogens is 228 g/mol. The fourth-order valence-electron chi connectivity index (χ4n) is 1.32. The molecular formula is C9H10N4O4. The molecule has 17 heavy (non-hydrogen) atoms. The van der Waals surface area contributed by atoms with Crippen molar-refractivity contribution in [2.45, 2.75) is 19.1 Å². The van der Waals surface area contributed by atoms with Gasteiger partial charge in [-0.3, -0.25) is 4.79 Å². The number of rotatable bonds is 4. The van der Waals surface area contributed by atoms with E-state index in [9.17, 15) is 9.59 Å². The summed E-state index contributed by atoms with van der Waals surface area (Å²) in [6.07, 6.45) is 2.18. The first-order valence-corrected chi connectivity index (χ1v) is 4.88. The van der Waals surface area contributed by atoms with E-state index in [1.807, 2.05) is 0 Å². The number of oxime groups is 1. The zero-order valence-electron chi connectivity index (χ0n) is 8.71. The number of amides is 1. The van der Waals surface area contributed by atoms with Crippen LogP contribution in [-0.4, -0.2) is 38.8 Å². The van der Waals surface area contributed by atoms with Crippen LogP contribution in [0.1, 0.15) is 12.1 Å². The molecule has 0 aromatic carbocycles. The molecule has 0 saturated carbocycles. The van der Waals surface area contributed by atoms with E-state index >= 15 is 0 Å². The fraction of sp³-hybridized carbons (Fsp3) is 0.333. The highest BCUT2D eigenvalue weighted by Crippen LogP contribution is 2.10. The molecule has 8 nitrogen and oxygen atoms in total. The Kier molecular flexibility index (Phi) is 3.03. The lowest BCUT2D eigenvalue weighted by atomic mass is 10.2. The van der Waals surface area contributed by atoms with Crippen LogP contribution in [0.15, 0.2) is 17.7 Å². The van der Waals surface area contributed by atoms with Crippen molar-refractivity contribution in [1.82, 2.24) is 15.3 Å². The molecule has 3 N–H and O–H groups in total. The second-order valence-corrected chi connectivity index (χ2v) is 3.44. The second-order valence-electron chi connectivity index (χ2n) is 3.44. The number of nitrogens with one attached hydrogen (secondary N) is 2. The topological polar surface area (TPSA) is 117 Å². The van der Waals surface area contributed by atoms with Crippen LogP contribution < -0.4 is 5.32 Å². The monoisotopic (exact) mass is 238 g/mol. The van der Waals surface area contributed by atoms with Gasteiger partial charge < -0.3 is 20.2 Å². The van der Waals surface area contributed by atoms with Crippen molar-refractivity contribution in [1.29, 1.82) is 0 Å². The number of H-pyrrole nitrogens is 1. The van der Waals surface area contributed by atoms with E-state index in [0.717, 1.165) is 5.69 Å². The Morgan fingerprint density at radius 1 is 1.65 bits per heavy atom. The van der Waals surface area contributed by atoms with Gasteiger partial charge in [0.15, 0.2) is 5.71 Å². The third kappa shape index (κ3) is 2.60. The lowest BCUT2D eigenvalue weighted by molar-refractivity contribution is -0.131. The number of carboxylic acid groups (broad SMARTS) is 1. The molecule has 1 aliphatic heterocycles. The van der Waals surface area contributed by atoms with Crippen molar-refractivity contribution in [2.24, 2.45) is 5.16 Å². The number of hydrogen-bond donors (Lipinski definition) is 3. The molecule has 1 amide bonds. The van der Waals surface area contributed by atoms with Crippen LogP contribution >= 0.6 is 0 Å². The molecule has 1 aliphatic rings. The summed E-state index contributed by atoms with van der Waals surface area (Å²) >= 11 is 0. The predicted molar refractivity (Wildman–Crippen MR) is 55.0 cm³/mol. The summed E-state index contributed by atoms with van der Waals surface area (Å²) < 4.78 is 0. The van der Waals surface area contributed by atoms with Gasteiger partial charge in [-0.25, -0.2) is 9.78 Å². The van der Waals surface area contributed by atoms with Crippen molar-refractivity contribution in [2.75, 3.05) is 0 Å². The van der Waals surface area contributed by atoms with Crippen LogP contribution in [-0.2, 0) is 21.0 Å². The van der Waals surface area contributed by atoms with Gasteiger partial charge in [-0.1, -0.05) is 5.16 Å². The maximum absolute atomic E-state index is 11.6. The van der Waals surface area contributed by atoms with Crippen molar-refractivity contribution in [3.05, 3.63) is 18.2 Å². The minimum absolute atomic E-state index is 0.0237. The van der Waals surface area contributed by atoms with E-state index in [4.69, 9.17) is 9.94 Å². The third-order valence-electron chi connectivity index (χ3n) is 2.22. The average molecular weight is 238 g/mol. The Balaban J connectivity index is 1.81. The van der Waals surface area contributed by atoms with Crippen LogP contribution in [0.3, 0.4) is 0 Å². The van der Waals surface area contributed by atoms with Gasteiger partial charge in [0.05, 0.1) is 18.6 Å². The summed E-state index contributed by atoms with van der Waals surface area (Å²) in [6.45, 7) is 0.279. The minimum Gasteiger partial charge on any atom is -0.477 e. The molecule has 0 bridgehead atoms. The lowest BCUT2D eigenvalue weighted by Gasteiger charge is -2.07. The zero-order chi connectivity index (χ0) is 12.3. The number of carboxylic acids is 1. The number of aromatic nitrogens is 2. The van der Waals surface area contributed by atoms with E-state index in [0.29, 0.717) is 0 Å². The number of hydrogen-bond acceptors (Lipinski definition) is 5. The quantitative estimate of drug-likeness (QED) is 0.638. The maximum atomic E-state index is 11.6. The third-order valence-corrected chi connectivity index (χ3v) is 2.22. The normalized spacial score (nSPS) is 18.4. The smallest absolute Gasteiger partial charge is 0.353 e.